The molecule has 0 saturated carbocycles. The van der Waals surface area contributed by atoms with Crippen molar-refractivity contribution >= 4 is 16.7 Å². The van der Waals surface area contributed by atoms with Crippen molar-refractivity contribution in [3.05, 3.63) is 65.7 Å². The Kier molecular flexibility index (Phi) is 4.46. The normalized spacial score (nSPS) is 18.7. The molecule has 0 radical (unpaired) electrons. The first-order valence-corrected chi connectivity index (χ1v) is 8.93. The van der Waals surface area contributed by atoms with Crippen molar-refractivity contribution in [2.45, 2.75) is 24.8 Å². The van der Waals surface area contributed by atoms with E-state index >= 15 is 0 Å². The van der Waals surface area contributed by atoms with Gasteiger partial charge in [0.25, 0.3) is 0 Å². The quantitative estimate of drug-likeness (QED) is 0.730. The predicted molar refractivity (Wildman–Crippen MR) is 104 cm³/mol. The smallest absolute Gasteiger partial charge is 0.312 e. The maximum Gasteiger partial charge on any atom is 0.312 e. The Labute approximate surface area is 157 Å². The first kappa shape index (κ1) is 17.4. The molecule has 5 nitrogen and oxygen atoms in total. The molecule has 1 aliphatic carbocycles. The minimum atomic E-state index is -0.896. The van der Waals surface area contributed by atoms with Crippen molar-refractivity contribution in [3.63, 3.8) is 0 Å². The molecule has 2 unspecified atom stereocenters. The first-order chi connectivity index (χ1) is 13.1. The maximum atomic E-state index is 11.7. The fourth-order valence-electron chi connectivity index (χ4n) is 3.84. The van der Waals surface area contributed by atoms with Crippen LogP contribution < -0.4 is 15.2 Å². The molecule has 0 amide bonds. The Bertz CT molecular complexity index is 1010. The van der Waals surface area contributed by atoms with Gasteiger partial charge in [0.1, 0.15) is 17.2 Å². The van der Waals surface area contributed by atoms with Crippen LogP contribution >= 0.6 is 0 Å². The lowest BCUT2D eigenvalue weighted by Gasteiger charge is -2.28. The minimum Gasteiger partial charge on any atom is -0.496 e. The lowest BCUT2D eigenvalue weighted by atomic mass is 9.79. The maximum absolute atomic E-state index is 11.7. The first-order valence-electron chi connectivity index (χ1n) is 8.93. The molecule has 1 aliphatic rings. The van der Waals surface area contributed by atoms with Crippen LogP contribution in [0.1, 0.15) is 23.5 Å². The zero-order chi connectivity index (χ0) is 19.0. The summed E-state index contributed by atoms with van der Waals surface area (Å²) in [6.45, 7) is 0. The number of hydrogen-bond donors (Lipinski definition) is 2. The van der Waals surface area contributed by atoms with Crippen LogP contribution in [0, 0.1) is 0 Å². The van der Waals surface area contributed by atoms with Gasteiger partial charge in [-0.25, -0.2) is 0 Å². The molecule has 0 heterocycles. The summed E-state index contributed by atoms with van der Waals surface area (Å²) in [6.07, 6.45) is 1.45. The van der Waals surface area contributed by atoms with Crippen LogP contribution in [0.4, 0.5) is 0 Å². The average molecular weight is 363 g/mol. The van der Waals surface area contributed by atoms with Crippen molar-refractivity contribution in [1.29, 1.82) is 0 Å². The van der Waals surface area contributed by atoms with Gasteiger partial charge in [0.15, 0.2) is 0 Å². The van der Waals surface area contributed by atoms with Crippen LogP contribution in [0.15, 0.2) is 54.6 Å². The molecule has 0 aromatic heterocycles. The number of aliphatic carboxylic acids is 1. The topological polar surface area (TPSA) is 81.8 Å². The fraction of sp³-hybridized carbons (Fsp3) is 0.227. The molecule has 27 heavy (non-hydrogen) atoms. The van der Waals surface area contributed by atoms with Crippen LogP contribution in [-0.4, -0.2) is 24.2 Å². The lowest BCUT2D eigenvalue weighted by molar-refractivity contribution is -0.139. The molecule has 5 heteroatoms. The number of fused-ring (bicyclic) bond motifs is 2. The third-order valence-corrected chi connectivity index (χ3v) is 5.17. The minimum absolute atomic E-state index is 0.386. The molecule has 0 bridgehead atoms. The molecule has 0 aliphatic heterocycles. The van der Waals surface area contributed by atoms with Gasteiger partial charge in [-0.1, -0.05) is 30.3 Å². The summed E-state index contributed by atoms with van der Waals surface area (Å²) in [4.78, 5) is 11.7. The van der Waals surface area contributed by atoms with Crippen molar-refractivity contribution in [2.75, 3.05) is 7.11 Å². The largest absolute Gasteiger partial charge is 0.496 e. The van der Waals surface area contributed by atoms with Gasteiger partial charge in [-0.05, 0) is 53.6 Å². The molecule has 3 aromatic rings. The lowest BCUT2D eigenvalue weighted by Crippen LogP contribution is -2.37. The second-order valence-corrected chi connectivity index (χ2v) is 6.80. The van der Waals surface area contributed by atoms with Crippen LogP contribution in [0.5, 0.6) is 17.2 Å². The summed E-state index contributed by atoms with van der Waals surface area (Å²) in [7, 11) is 1.63. The number of carboxylic acids is 1. The Hall–Kier alpha value is -3.05. The molecule has 4 rings (SSSR count). The third-order valence-electron chi connectivity index (χ3n) is 5.17. The molecule has 2 atom stereocenters. The van der Waals surface area contributed by atoms with Gasteiger partial charge in [-0.3, -0.25) is 4.79 Å². The fourth-order valence-corrected chi connectivity index (χ4v) is 3.84. The van der Waals surface area contributed by atoms with Gasteiger partial charge in [0.05, 0.1) is 18.4 Å². The summed E-state index contributed by atoms with van der Waals surface area (Å²) >= 11 is 0. The van der Waals surface area contributed by atoms with E-state index in [9.17, 15) is 9.90 Å². The van der Waals surface area contributed by atoms with E-state index in [4.69, 9.17) is 15.2 Å². The summed E-state index contributed by atoms with van der Waals surface area (Å²) in [6, 6.07) is 16.9. The van der Waals surface area contributed by atoms with E-state index in [0.29, 0.717) is 17.9 Å². The second kappa shape index (κ2) is 6.93. The highest BCUT2D eigenvalue weighted by molar-refractivity contribution is 5.94. The van der Waals surface area contributed by atoms with Crippen LogP contribution in [0.3, 0.4) is 0 Å². The number of rotatable bonds is 4. The van der Waals surface area contributed by atoms with Crippen molar-refractivity contribution < 1.29 is 19.4 Å². The molecular formula is C22H21NO4. The molecule has 3 aromatic carbocycles. The zero-order valence-corrected chi connectivity index (χ0v) is 15.0. The van der Waals surface area contributed by atoms with E-state index in [1.54, 1.807) is 13.2 Å². The highest BCUT2D eigenvalue weighted by Gasteiger charge is 2.33. The Morgan fingerprint density at radius 2 is 1.85 bits per heavy atom. The van der Waals surface area contributed by atoms with Crippen molar-refractivity contribution in [1.82, 2.24) is 0 Å². The zero-order valence-electron chi connectivity index (χ0n) is 15.0. The van der Waals surface area contributed by atoms with Gasteiger partial charge in [-0.2, -0.15) is 0 Å². The van der Waals surface area contributed by atoms with Crippen LogP contribution in [0.2, 0.25) is 0 Å². The summed E-state index contributed by atoms with van der Waals surface area (Å²) in [5.74, 6) is 0.377. The SMILES string of the molecule is COc1cccc2cccc(Oc3ccc4c(c3)C(C(=O)O)C(N)CC4)c12. The van der Waals surface area contributed by atoms with Gasteiger partial charge in [0, 0.05) is 6.04 Å². The monoisotopic (exact) mass is 363 g/mol. The average Bonchev–Trinajstić information content (AvgIpc) is 2.67. The highest BCUT2D eigenvalue weighted by atomic mass is 16.5. The number of methoxy groups -OCH3 is 1. The third kappa shape index (κ3) is 3.11. The summed E-state index contributed by atoms with van der Waals surface area (Å²) < 4.78 is 11.6. The van der Waals surface area contributed by atoms with Gasteiger partial charge >= 0.3 is 5.97 Å². The number of aryl methyl sites for hydroxylation is 1. The van der Waals surface area contributed by atoms with E-state index in [-0.39, 0.29) is 6.04 Å². The Morgan fingerprint density at radius 1 is 1.11 bits per heavy atom. The second-order valence-electron chi connectivity index (χ2n) is 6.80. The molecule has 3 N–H and O–H groups in total. The summed E-state index contributed by atoms with van der Waals surface area (Å²) in [5.41, 5.74) is 7.83. The highest BCUT2D eigenvalue weighted by Crippen LogP contribution is 2.39. The van der Waals surface area contributed by atoms with Gasteiger partial charge < -0.3 is 20.3 Å². The molecule has 0 fully saturated rings. The molecule has 0 saturated heterocycles. The number of carbonyl (C=O) groups is 1. The Morgan fingerprint density at radius 3 is 2.56 bits per heavy atom. The van der Waals surface area contributed by atoms with E-state index < -0.39 is 11.9 Å². The number of ether oxygens (including phenoxy) is 2. The van der Waals surface area contributed by atoms with Crippen LogP contribution in [0.25, 0.3) is 10.8 Å². The van der Waals surface area contributed by atoms with Crippen molar-refractivity contribution in [3.8, 4) is 17.2 Å². The van der Waals surface area contributed by atoms with E-state index in [1.165, 1.54) is 0 Å². The summed E-state index contributed by atoms with van der Waals surface area (Å²) in [5, 5.41) is 11.5. The number of carboxylic acid groups (broad SMARTS) is 1. The number of nitrogens with two attached hydrogens (primary N) is 1. The predicted octanol–water partition coefficient (Wildman–Crippen LogP) is 4.08. The number of hydrogen-bond acceptors (Lipinski definition) is 4. The van der Waals surface area contributed by atoms with E-state index in [0.717, 1.165) is 34.1 Å². The number of benzene rings is 3. The van der Waals surface area contributed by atoms with Gasteiger partial charge in [-0.15, -0.1) is 0 Å². The van der Waals surface area contributed by atoms with Crippen molar-refractivity contribution in [2.24, 2.45) is 5.73 Å². The molecular weight excluding hydrogens is 342 g/mol. The van der Waals surface area contributed by atoms with E-state index in [1.807, 2.05) is 48.5 Å². The molecule has 0 spiro atoms. The van der Waals surface area contributed by atoms with Gasteiger partial charge in [0.2, 0.25) is 0 Å². The van der Waals surface area contributed by atoms with Crippen LogP contribution in [-0.2, 0) is 11.2 Å². The molecule has 138 valence electrons. The Balaban J connectivity index is 1.77. The van der Waals surface area contributed by atoms with E-state index in [2.05, 4.69) is 0 Å². The standard InChI is InChI=1S/C22H21NO4/c1-26-18-6-2-4-14-5-3-7-19(20(14)18)27-15-10-8-13-9-11-17(23)21(22(24)25)16(13)12-15/h2-8,10,12,17,21H,9,11,23H2,1H3,(H,24,25).